The minimum atomic E-state index is -0.876. The average molecular weight is 436 g/mol. The Balaban J connectivity index is 1.73. The van der Waals surface area contributed by atoms with E-state index in [1.165, 1.54) is 17.8 Å². The van der Waals surface area contributed by atoms with E-state index in [9.17, 15) is 9.18 Å². The number of pyridine rings is 2. The molecule has 1 unspecified atom stereocenters. The number of benzene rings is 1. The number of halogens is 2. The lowest BCUT2D eigenvalue weighted by atomic mass is 10.2. The maximum Gasteiger partial charge on any atom is 0.272 e. The molecule has 0 aliphatic heterocycles. The summed E-state index contributed by atoms with van der Waals surface area (Å²) < 4.78 is 20.7. The Morgan fingerprint density at radius 3 is 2.96 bits per heavy atom. The molecule has 8 heteroatoms. The first-order chi connectivity index (χ1) is 12.6. The summed E-state index contributed by atoms with van der Waals surface area (Å²) in [5.41, 5.74) is 0.507. The van der Waals surface area contributed by atoms with Crippen LogP contribution in [-0.2, 0) is 11.3 Å². The molecule has 0 fully saturated rings. The van der Waals surface area contributed by atoms with Crippen LogP contribution < -0.4 is 10.1 Å². The van der Waals surface area contributed by atoms with Gasteiger partial charge in [-0.25, -0.2) is 4.39 Å². The van der Waals surface area contributed by atoms with Gasteiger partial charge in [0.15, 0.2) is 11.6 Å². The van der Waals surface area contributed by atoms with Gasteiger partial charge in [-0.1, -0.05) is 6.07 Å². The zero-order valence-electron chi connectivity index (χ0n) is 13.8. The van der Waals surface area contributed by atoms with E-state index in [0.29, 0.717) is 17.4 Å². The average Bonchev–Trinajstić information content (AvgIpc) is 2.65. The number of hydrogen-bond donors (Lipinski definition) is 1. The molecule has 0 radical (unpaired) electrons. The lowest BCUT2D eigenvalue weighted by Gasteiger charge is -2.17. The number of carbonyl (C=O) groups excluding carboxylic acids is 1. The molecule has 5 nitrogen and oxygen atoms in total. The fourth-order valence-corrected chi connectivity index (χ4v) is 3.14. The number of ether oxygens (including phenoxy) is 1. The number of fused-ring (bicyclic) bond motifs is 1. The quantitative estimate of drug-likeness (QED) is 0.594. The van der Waals surface area contributed by atoms with Crippen molar-refractivity contribution in [1.29, 1.82) is 0 Å². The summed E-state index contributed by atoms with van der Waals surface area (Å²) in [6.45, 7) is 0.324. The molecule has 0 saturated carbocycles. The van der Waals surface area contributed by atoms with Gasteiger partial charge >= 0.3 is 0 Å². The molecule has 2 aromatic heterocycles. The van der Waals surface area contributed by atoms with Crippen molar-refractivity contribution in [1.82, 2.24) is 15.3 Å². The summed E-state index contributed by atoms with van der Waals surface area (Å²) in [6, 6.07) is 8.30. The highest BCUT2D eigenvalue weighted by Gasteiger charge is 2.21. The van der Waals surface area contributed by atoms with E-state index in [0.717, 1.165) is 10.0 Å². The van der Waals surface area contributed by atoms with Crippen LogP contribution >= 0.6 is 27.7 Å². The smallest absolute Gasteiger partial charge is 0.272 e. The summed E-state index contributed by atoms with van der Waals surface area (Å²) in [6.07, 6.45) is 6.65. The predicted molar refractivity (Wildman–Crippen MR) is 103 cm³/mol. The van der Waals surface area contributed by atoms with Gasteiger partial charge in [0, 0.05) is 41.1 Å². The normalized spacial score (nSPS) is 12.0. The molecular weight excluding hydrogens is 421 g/mol. The second-order valence-electron chi connectivity index (χ2n) is 5.39. The van der Waals surface area contributed by atoms with Gasteiger partial charge in [0.05, 0.1) is 5.52 Å². The third-order valence-electron chi connectivity index (χ3n) is 3.55. The van der Waals surface area contributed by atoms with Crippen molar-refractivity contribution < 1.29 is 13.9 Å². The first-order valence-corrected chi connectivity index (χ1v) is 9.76. The van der Waals surface area contributed by atoms with Crippen molar-refractivity contribution >= 4 is 44.5 Å². The first kappa shape index (κ1) is 18.6. The summed E-state index contributed by atoms with van der Waals surface area (Å²) in [5.74, 6) is -0.895. The fraction of sp³-hybridized carbons (Fsp3) is 0.167. The van der Waals surface area contributed by atoms with Crippen LogP contribution in [0.25, 0.3) is 10.9 Å². The van der Waals surface area contributed by atoms with Crippen molar-refractivity contribution in [3.63, 3.8) is 0 Å². The molecule has 0 saturated heterocycles. The molecule has 0 bridgehead atoms. The molecule has 3 rings (SSSR count). The number of nitrogens with one attached hydrogen (secondary N) is 1. The molecule has 2 heterocycles. The van der Waals surface area contributed by atoms with Gasteiger partial charge in [0.2, 0.25) is 5.44 Å². The molecule has 1 amide bonds. The van der Waals surface area contributed by atoms with E-state index in [1.807, 2.05) is 12.1 Å². The third-order valence-corrected chi connectivity index (χ3v) is 4.73. The number of hydrogen-bond acceptors (Lipinski definition) is 5. The van der Waals surface area contributed by atoms with Crippen molar-refractivity contribution in [2.24, 2.45) is 0 Å². The van der Waals surface area contributed by atoms with E-state index >= 15 is 0 Å². The fourth-order valence-electron chi connectivity index (χ4n) is 2.29. The van der Waals surface area contributed by atoms with Crippen LogP contribution in [0.5, 0.6) is 5.75 Å². The lowest BCUT2D eigenvalue weighted by molar-refractivity contribution is -0.124. The topological polar surface area (TPSA) is 64.1 Å². The van der Waals surface area contributed by atoms with Crippen molar-refractivity contribution in [3.05, 3.63) is 64.8 Å². The number of aromatic nitrogens is 2. The molecule has 1 aromatic carbocycles. The first-order valence-electron chi connectivity index (χ1n) is 7.67. The summed E-state index contributed by atoms with van der Waals surface area (Å²) in [5, 5.41) is 3.48. The van der Waals surface area contributed by atoms with Crippen molar-refractivity contribution in [3.8, 4) is 5.75 Å². The number of carbonyl (C=O) groups is 1. The number of thioether (sulfide) groups is 1. The molecule has 1 N–H and O–H groups in total. The Hall–Kier alpha value is -2.19. The Labute approximate surface area is 162 Å². The molecule has 3 aromatic rings. The van der Waals surface area contributed by atoms with E-state index < -0.39 is 11.3 Å². The highest BCUT2D eigenvalue weighted by atomic mass is 79.9. The van der Waals surface area contributed by atoms with Gasteiger partial charge in [-0.3, -0.25) is 14.8 Å². The molecule has 0 spiro atoms. The van der Waals surface area contributed by atoms with Crippen LogP contribution in [0.1, 0.15) is 5.56 Å². The largest absolute Gasteiger partial charge is 0.467 e. The third kappa shape index (κ3) is 4.50. The van der Waals surface area contributed by atoms with Gasteiger partial charge in [-0.2, -0.15) is 0 Å². The van der Waals surface area contributed by atoms with Crippen LogP contribution in [-0.4, -0.2) is 27.6 Å². The highest BCUT2D eigenvalue weighted by Crippen LogP contribution is 2.27. The predicted octanol–water partition coefficient (Wildman–Crippen LogP) is 3.92. The SMILES string of the molecule is CSC(Oc1cc2cc(Br)cnc2cc1F)C(=O)NCc1cccnc1. The Bertz CT molecular complexity index is 927. The zero-order chi connectivity index (χ0) is 18.5. The van der Waals surface area contributed by atoms with Gasteiger partial charge in [0.25, 0.3) is 5.91 Å². The van der Waals surface area contributed by atoms with E-state index in [2.05, 4.69) is 31.2 Å². The summed E-state index contributed by atoms with van der Waals surface area (Å²) >= 11 is 4.52. The molecular formula is C18H15BrFN3O2S. The Kier molecular flexibility index (Phi) is 6.05. The second kappa shape index (κ2) is 8.46. The number of amides is 1. The Morgan fingerprint density at radius 1 is 1.38 bits per heavy atom. The lowest BCUT2D eigenvalue weighted by Crippen LogP contribution is -2.35. The monoisotopic (exact) mass is 435 g/mol. The van der Waals surface area contributed by atoms with Gasteiger partial charge in [0.1, 0.15) is 0 Å². The van der Waals surface area contributed by atoms with Gasteiger partial charge < -0.3 is 10.1 Å². The summed E-state index contributed by atoms with van der Waals surface area (Å²) in [7, 11) is 0. The van der Waals surface area contributed by atoms with Crippen molar-refractivity contribution in [2.45, 2.75) is 12.0 Å². The second-order valence-corrected chi connectivity index (χ2v) is 7.21. The molecule has 134 valence electrons. The number of nitrogens with zero attached hydrogens (tertiary/aromatic N) is 2. The number of rotatable bonds is 6. The highest BCUT2D eigenvalue weighted by molar-refractivity contribution is 9.10. The van der Waals surface area contributed by atoms with Gasteiger partial charge in [-0.05, 0) is 45.9 Å². The minimum Gasteiger partial charge on any atom is -0.467 e. The standard InChI is InChI=1S/C18H15BrFN3O2S/c1-26-18(17(24)23-9-11-3-2-4-21-8-11)25-16-6-12-5-13(19)10-22-15(12)7-14(16)20/h2-8,10,18H,9H2,1H3,(H,23,24). The summed E-state index contributed by atoms with van der Waals surface area (Å²) in [4.78, 5) is 20.5. The zero-order valence-corrected chi connectivity index (χ0v) is 16.2. The molecule has 0 aliphatic rings. The van der Waals surface area contributed by atoms with Crippen molar-refractivity contribution in [2.75, 3.05) is 6.26 Å². The van der Waals surface area contributed by atoms with Crippen LogP contribution in [0.4, 0.5) is 4.39 Å². The van der Waals surface area contributed by atoms with E-state index in [4.69, 9.17) is 4.74 Å². The van der Waals surface area contributed by atoms with E-state index in [1.54, 1.807) is 37.0 Å². The van der Waals surface area contributed by atoms with Crippen LogP contribution in [0.15, 0.2) is 53.4 Å². The van der Waals surface area contributed by atoms with Crippen LogP contribution in [0.3, 0.4) is 0 Å². The van der Waals surface area contributed by atoms with Crippen LogP contribution in [0, 0.1) is 5.82 Å². The maximum atomic E-state index is 14.3. The van der Waals surface area contributed by atoms with Crippen LogP contribution in [0.2, 0.25) is 0 Å². The maximum absolute atomic E-state index is 14.3. The minimum absolute atomic E-state index is 0.00766. The molecule has 1 atom stereocenters. The Morgan fingerprint density at radius 2 is 2.23 bits per heavy atom. The van der Waals surface area contributed by atoms with E-state index in [-0.39, 0.29) is 11.7 Å². The van der Waals surface area contributed by atoms with Gasteiger partial charge in [-0.15, -0.1) is 11.8 Å². The molecule has 0 aliphatic carbocycles. The molecule has 26 heavy (non-hydrogen) atoms.